The maximum Gasteiger partial charge on any atom is 0.0267 e. The Morgan fingerprint density at radius 2 is 1.63 bits per heavy atom. The van der Waals surface area contributed by atoms with Crippen LogP contribution in [-0.2, 0) is 20.1 Å². The average Bonchev–Trinajstić information content (AvgIpc) is 2.35. The summed E-state index contributed by atoms with van der Waals surface area (Å²) in [5.41, 5.74) is 0. The molecule has 0 spiro atoms. The molecule has 2 N–H and O–H groups in total. The molecule has 1 unspecified atom stereocenters. The fourth-order valence-electron chi connectivity index (χ4n) is 1.37. The molecule has 1 atom stereocenters. The second-order valence-electron chi connectivity index (χ2n) is 4.54. The maximum atomic E-state index is 10.8. The van der Waals surface area contributed by atoms with E-state index in [1.165, 1.54) is 6.92 Å². The van der Waals surface area contributed by atoms with Crippen LogP contribution in [-0.4, -0.2) is 13.3 Å². The molecule has 111 valence electrons. The van der Waals surface area contributed by atoms with Crippen molar-refractivity contribution in [2.75, 3.05) is 0 Å². The quantitative estimate of drug-likeness (QED) is 0.789. The largest absolute Gasteiger partial charge is 0.265 e. The minimum absolute atomic E-state index is 0.333. The fourth-order valence-corrected chi connectivity index (χ4v) is 2.26. The predicted octanol–water partition coefficient (Wildman–Crippen LogP) is 3.04. The summed E-state index contributed by atoms with van der Waals surface area (Å²) < 4.78 is 38.0. The van der Waals surface area contributed by atoms with Gasteiger partial charge in [-0.15, -0.1) is 0 Å². The van der Waals surface area contributed by atoms with Gasteiger partial charge in [0, 0.05) is 12.4 Å². The molecule has 0 aliphatic rings. The van der Waals surface area contributed by atoms with Gasteiger partial charge in [-0.05, 0) is 12.1 Å². The molecule has 1 aromatic rings. The Balaban J connectivity index is 0.000000443. The number of rotatable bonds is 6. The molecule has 0 aliphatic heterocycles. The Morgan fingerprint density at radius 3 is 1.95 bits per heavy atom. The van der Waals surface area contributed by atoms with Crippen LogP contribution in [0.25, 0.3) is 0 Å². The summed E-state index contributed by atoms with van der Waals surface area (Å²) in [5.74, 6) is 0. The second-order valence-corrected chi connectivity index (χ2v) is 8.45. The van der Waals surface area contributed by atoms with Gasteiger partial charge in [-0.3, -0.25) is 4.98 Å². The summed E-state index contributed by atoms with van der Waals surface area (Å²) in [6.07, 6.45) is 7.64. The standard InChI is InChI=1S/C8H17.C5H5N.Cr.2H2O.2O/c1-3-5-7-8-6-4-2;1-2-4-6-5-3-1;;;;;/h3H,4-8H2,1-2H3;1-5H;;2*1H2;;/q;;+2;;;;/p-2. The third-order valence-corrected chi connectivity index (χ3v) is 5.24. The van der Waals surface area contributed by atoms with E-state index in [0.29, 0.717) is 6.42 Å². The number of pyridine rings is 1. The zero-order chi connectivity index (χ0) is 14.8. The first-order chi connectivity index (χ1) is 8.74. The summed E-state index contributed by atoms with van der Waals surface area (Å²) in [6, 6.07) is 5.72. The summed E-state index contributed by atoms with van der Waals surface area (Å²) in [6.45, 7) is 3.40. The van der Waals surface area contributed by atoms with Gasteiger partial charge in [0.15, 0.2) is 0 Å². The van der Waals surface area contributed by atoms with E-state index >= 15 is 0 Å². The number of unbranched alkanes of at least 4 members (excludes halogenated alkanes) is 3. The van der Waals surface area contributed by atoms with Crippen LogP contribution in [0.1, 0.15) is 46.0 Å². The van der Waals surface area contributed by atoms with Crippen LogP contribution in [0.3, 0.4) is 0 Å². The first-order valence-electron chi connectivity index (χ1n) is 6.48. The Labute approximate surface area is 115 Å². The summed E-state index contributed by atoms with van der Waals surface area (Å²) >= 11 is -6.16. The van der Waals surface area contributed by atoms with Crippen molar-refractivity contribution in [3.8, 4) is 0 Å². The van der Waals surface area contributed by atoms with E-state index in [0.717, 1.165) is 25.7 Å². The van der Waals surface area contributed by atoms with E-state index in [-0.39, 0.29) is 0 Å². The minimum Gasteiger partial charge on any atom is -0.265 e. The Hall–Kier alpha value is -0.798. The normalized spacial score (nSPS) is 14.6. The van der Waals surface area contributed by atoms with Crippen LogP contribution in [0.2, 0.25) is 4.78 Å². The van der Waals surface area contributed by atoms with Gasteiger partial charge in [-0.2, -0.15) is 0 Å². The Kier molecular flexibility index (Phi) is 8.04. The SMILES string of the molecule is CCCCCC[CH](C)[Cr](=[O])(=[O])([OH])[OH].c1ccncc1. The number of nitrogens with zero attached hydrogens (tertiary/aromatic N) is 1. The van der Waals surface area contributed by atoms with Gasteiger partial charge < -0.3 is 0 Å². The third kappa shape index (κ3) is 10.8. The van der Waals surface area contributed by atoms with Gasteiger partial charge in [-0.1, -0.05) is 6.07 Å². The number of hydrogen-bond acceptors (Lipinski definition) is 3. The van der Waals surface area contributed by atoms with E-state index < -0.39 is 17.3 Å². The molecule has 0 saturated heterocycles. The van der Waals surface area contributed by atoms with Crippen molar-refractivity contribution in [1.29, 1.82) is 0 Å². The molecule has 0 amide bonds. The van der Waals surface area contributed by atoms with Crippen LogP contribution in [0.15, 0.2) is 30.6 Å². The first-order valence-corrected chi connectivity index (χ1v) is 9.39. The van der Waals surface area contributed by atoms with Gasteiger partial charge >= 0.3 is 79.2 Å². The molecule has 0 bridgehead atoms. The first kappa shape index (κ1) is 18.2. The van der Waals surface area contributed by atoms with Crippen molar-refractivity contribution in [1.82, 2.24) is 4.98 Å². The zero-order valence-corrected chi connectivity index (χ0v) is 12.8. The van der Waals surface area contributed by atoms with E-state index in [1.54, 1.807) is 12.4 Å². The van der Waals surface area contributed by atoms with E-state index in [4.69, 9.17) is 8.32 Å². The van der Waals surface area contributed by atoms with Crippen LogP contribution >= 0.6 is 0 Å². The number of aromatic nitrogens is 1. The van der Waals surface area contributed by atoms with Crippen LogP contribution in [0.4, 0.5) is 0 Å². The van der Waals surface area contributed by atoms with Crippen molar-refractivity contribution in [2.45, 2.75) is 50.7 Å². The Morgan fingerprint density at radius 1 is 1.05 bits per heavy atom. The minimum atomic E-state index is -6.16. The fraction of sp³-hybridized carbons (Fsp3) is 0.615. The molecule has 1 aromatic heterocycles. The third-order valence-electron chi connectivity index (χ3n) is 2.72. The van der Waals surface area contributed by atoms with Crippen molar-refractivity contribution in [3.05, 3.63) is 30.6 Å². The molecule has 0 aliphatic carbocycles. The van der Waals surface area contributed by atoms with Gasteiger partial charge in [0.05, 0.1) is 0 Å². The molecule has 0 saturated carbocycles. The van der Waals surface area contributed by atoms with Crippen molar-refractivity contribution < 1.29 is 28.5 Å². The monoisotopic (exact) mass is 310 g/mol. The summed E-state index contributed by atoms with van der Waals surface area (Å²) in [4.78, 5) is 3.78. The van der Waals surface area contributed by atoms with Crippen LogP contribution in [0, 0.1) is 0 Å². The van der Waals surface area contributed by atoms with Crippen LogP contribution in [0.5, 0.6) is 0 Å². The summed E-state index contributed by atoms with van der Waals surface area (Å²) in [7, 11) is 0. The zero-order valence-electron chi connectivity index (χ0n) is 11.6. The number of hydrogen-bond donors (Lipinski definition) is 2. The van der Waals surface area contributed by atoms with Gasteiger partial charge in [0.25, 0.3) is 0 Å². The molecule has 0 aromatic carbocycles. The molecule has 0 fully saturated rings. The second kappa shape index (κ2) is 8.39. The predicted molar refractivity (Wildman–Crippen MR) is 68.2 cm³/mol. The van der Waals surface area contributed by atoms with E-state index in [2.05, 4.69) is 11.9 Å². The van der Waals surface area contributed by atoms with Crippen LogP contribution < -0.4 is 0 Å². The average molecular weight is 310 g/mol. The molecule has 1 rings (SSSR count). The summed E-state index contributed by atoms with van der Waals surface area (Å²) in [5, 5.41) is 0. The molecule has 19 heavy (non-hydrogen) atoms. The Bertz CT molecular complexity index is 418. The molecule has 1 heterocycles. The molecule has 6 heteroatoms. The van der Waals surface area contributed by atoms with Crippen molar-refractivity contribution in [3.63, 3.8) is 0 Å². The maximum absolute atomic E-state index is 10.8. The van der Waals surface area contributed by atoms with E-state index in [1.807, 2.05) is 18.2 Å². The topological polar surface area (TPSA) is 87.5 Å². The van der Waals surface area contributed by atoms with E-state index in [9.17, 15) is 7.61 Å². The molecular formula is C13H24CrNO4. The smallest absolute Gasteiger partial charge is 0.0267 e. The van der Waals surface area contributed by atoms with Gasteiger partial charge in [-0.25, -0.2) is 0 Å². The molecule has 5 nitrogen and oxygen atoms in total. The molecule has 0 radical (unpaired) electrons. The molecular weight excluding hydrogens is 286 g/mol. The van der Waals surface area contributed by atoms with Gasteiger partial charge in [0.1, 0.15) is 0 Å². The van der Waals surface area contributed by atoms with Crippen molar-refractivity contribution >= 4 is 0 Å². The van der Waals surface area contributed by atoms with Crippen molar-refractivity contribution in [2.24, 2.45) is 0 Å². The van der Waals surface area contributed by atoms with Gasteiger partial charge in [0.2, 0.25) is 0 Å².